The minimum Gasteiger partial charge on any atom is -0.389 e. The van der Waals surface area contributed by atoms with Crippen molar-refractivity contribution in [1.29, 1.82) is 0 Å². The molecule has 0 heterocycles. The number of anilines is 1. The van der Waals surface area contributed by atoms with Crippen LogP contribution in [0.25, 0.3) is 0 Å². The molecule has 1 N–H and O–H groups in total. The van der Waals surface area contributed by atoms with Crippen molar-refractivity contribution >= 4 is 17.3 Å². The lowest BCUT2D eigenvalue weighted by Crippen LogP contribution is -2.40. The van der Waals surface area contributed by atoms with E-state index < -0.39 is 6.10 Å². The van der Waals surface area contributed by atoms with Crippen LogP contribution in [0.5, 0.6) is 0 Å². The van der Waals surface area contributed by atoms with Crippen LogP contribution in [0.3, 0.4) is 0 Å². The first-order valence-electron chi connectivity index (χ1n) is 6.75. The zero-order chi connectivity index (χ0) is 14.6. The molecule has 1 aromatic rings. The number of hydrogen-bond acceptors (Lipinski definition) is 3. The van der Waals surface area contributed by atoms with E-state index in [0.717, 1.165) is 24.3 Å². The summed E-state index contributed by atoms with van der Waals surface area (Å²) in [6.45, 7) is 7.95. The lowest BCUT2D eigenvalue weighted by molar-refractivity contribution is 0.199. The number of hydrogen-bond donors (Lipinski definition) is 1. The van der Waals surface area contributed by atoms with Crippen LogP contribution in [0.2, 0.25) is 5.02 Å². The van der Waals surface area contributed by atoms with Gasteiger partial charge in [0.15, 0.2) is 0 Å². The normalized spacial score (nSPS) is 14.5. The average Bonchev–Trinajstić information content (AvgIpc) is 2.30. The third-order valence-corrected chi connectivity index (χ3v) is 3.57. The predicted molar refractivity (Wildman–Crippen MR) is 83.1 cm³/mol. The van der Waals surface area contributed by atoms with Crippen LogP contribution in [0.15, 0.2) is 18.2 Å². The summed E-state index contributed by atoms with van der Waals surface area (Å²) in [5, 5.41) is 10.3. The van der Waals surface area contributed by atoms with Gasteiger partial charge in [-0.25, -0.2) is 0 Å². The fraction of sp³-hybridized carbons (Fsp3) is 0.600. The number of benzene rings is 1. The standard InChI is InChI=1S/C15H25ClN2O/c1-6-18(11(2)10-17(4)5)15-8-7-13(12(3)19)9-14(15)16/h7-9,11-12,19H,6,10H2,1-5H3/t11?,12-/m0/s1. The molecule has 4 heteroatoms. The Bertz CT molecular complexity index is 407. The second kappa shape index (κ2) is 7.13. The Morgan fingerprint density at radius 2 is 1.89 bits per heavy atom. The van der Waals surface area contributed by atoms with E-state index in [1.165, 1.54) is 0 Å². The zero-order valence-electron chi connectivity index (χ0n) is 12.5. The minimum atomic E-state index is -0.485. The van der Waals surface area contributed by atoms with Crippen molar-refractivity contribution in [2.24, 2.45) is 0 Å². The lowest BCUT2D eigenvalue weighted by Gasteiger charge is -2.33. The van der Waals surface area contributed by atoms with Gasteiger partial charge in [-0.2, -0.15) is 0 Å². The summed E-state index contributed by atoms with van der Waals surface area (Å²) in [4.78, 5) is 4.46. The van der Waals surface area contributed by atoms with Crippen LogP contribution in [-0.4, -0.2) is 43.2 Å². The van der Waals surface area contributed by atoms with Crippen LogP contribution in [0.1, 0.15) is 32.4 Å². The summed E-state index contributed by atoms with van der Waals surface area (Å²) in [6, 6.07) is 6.18. The van der Waals surface area contributed by atoms with E-state index in [9.17, 15) is 5.11 Å². The van der Waals surface area contributed by atoms with Gasteiger partial charge in [-0.1, -0.05) is 17.7 Å². The molecule has 1 rings (SSSR count). The third-order valence-electron chi connectivity index (χ3n) is 3.27. The first kappa shape index (κ1) is 16.3. The first-order chi connectivity index (χ1) is 8.86. The Morgan fingerprint density at radius 1 is 1.26 bits per heavy atom. The van der Waals surface area contributed by atoms with Crippen molar-refractivity contribution < 1.29 is 5.11 Å². The summed E-state index contributed by atoms with van der Waals surface area (Å²) in [5.41, 5.74) is 1.88. The van der Waals surface area contributed by atoms with E-state index in [1.807, 2.05) is 18.2 Å². The third kappa shape index (κ3) is 4.37. The molecule has 0 saturated heterocycles. The Hall–Kier alpha value is -0.770. The Kier molecular flexibility index (Phi) is 6.11. The van der Waals surface area contributed by atoms with Gasteiger partial charge in [-0.15, -0.1) is 0 Å². The summed E-state index contributed by atoms with van der Waals surface area (Å²) in [6.07, 6.45) is -0.485. The highest BCUT2D eigenvalue weighted by atomic mass is 35.5. The van der Waals surface area contributed by atoms with Crippen molar-refractivity contribution in [3.8, 4) is 0 Å². The van der Waals surface area contributed by atoms with Gasteiger partial charge < -0.3 is 14.9 Å². The van der Waals surface area contributed by atoms with Crippen LogP contribution >= 0.6 is 11.6 Å². The Labute approximate surface area is 121 Å². The number of halogens is 1. The molecular formula is C15H25ClN2O. The summed E-state index contributed by atoms with van der Waals surface area (Å²) >= 11 is 6.36. The lowest BCUT2D eigenvalue weighted by atomic mass is 10.1. The molecule has 0 radical (unpaired) electrons. The maximum absolute atomic E-state index is 9.58. The van der Waals surface area contributed by atoms with Gasteiger partial charge >= 0.3 is 0 Å². The first-order valence-corrected chi connectivity index (χ1v) is 7.13. The van der Waals surface area contributed by atoms with Crippen molar-refractivity contribution in [3.05, 3.63) is 28.8 Å². The highest BCUT2D eigenvalue weighted by molar-refractivity contribution is 6.33. The largest absolute Gasteiger partial charge is 0.389 e. The maximum Gasteiger partial charge on any atom is 0.0762 e. The van der Waals surface area contributed by atoms with Crippen LogP contribution in [-0.2, 0) is 0 Å². The van der Waals surface area contributed by atoms with Gasteiger partial charge in [0.25, 0.3) is 0 Å². The van der Waals surface area contributed by atoms with Gasteiger partial charge in [0, 0.05) is 19.1 Å². The van der Waals surface area contributed by atoms with Gasteiger partial charge in [0.2, 0.25) is 0 Å². The molecule has 1 unspecified atom stereocenters. The molecular weight excluding hydrogens is 260 g/mol. The van der Waals surface area contributed by atoms with Crippen LogP contribution < -0.4 is 4.90 Å². The van der Waals surface area contributed by atoms with Gasteiger partial charge in [-0.3, -0.25) is 0 Å². The molecule has 19 heavy (non-hydrogen) atoms. The molecule has 3 nitrogen and oxygen atoms in total. The molecule has 1 aromatic carbocycles. The molecule has 0 amide bonds. The Morgan fingerprint density at radius 3 is 2.32 bits per heavy atom. The van der Waals surface area contributed by atoms with Gasteiger partial charge in [0.05, 0.1) is 16.8 Å². The highest BCUT2D eigenvalue weighted by Gasteiger charge is 2.17. The van der Waals surface area contributed by atoms with E-state index in [4.69, 9.17) is 11.6 Å². The summed E-state index contributed by atoms with van der Waals surface area (Å²) in [7, 11) is 4.14. The van der Waals surface area contributed by atoms with E-state index >= 15 is 0 Å². The van der Waals surface area contributed by atoms with Crippen LogP contribution in [0, 0.1) is 0 Å². The predicted octanol–water partition coefficient (Wildman–Crippen LogP) is 3.17. The Balaban J connectivity index is 2.98. The van der Waals surface area contributed by atoms with Gasteiger partial charge in [-0.05, 0) is 52.6 Å². The molecule has 0 fully saturated rings. The van der Waals surface area contributed by atoms with Gasteiger partial charge in [0.1, 0.15) is 0 Å². The van der Waals surface area contributed by atoms with Crippen molar-refractivity contribution in [1.82, 2.24) is 4.90 Å². The van der Waals surface area contributed by atoms with E-state index in [1.54, 1.807) is 6.92 Å². The monoisotopic (exact) mass is 284 g/mol. The molecule has 0 aliphatic rings. The van der Waals surface area contributed by atoms with Crippen molar-refractivity contribution in [2.75, 3.05) is 32.1 Å². The highest BCUT2D eigenvalue weighted by Crippen LogP contribution is 2.30. The maximum atomic E-state index is 9.58. The fourth-order valence-corrected chi connectivity index (χ4v) is 2.66. The molecule has 0 spiro atoms. The van der Waals surface area contributed by atoms with Crippen molar-refractivity contribution in [2.45, 2.75) is 32.9 Å². The zero-order valence-corrected chi connectivity index (χ0v) is 13.3. The molecule has 0 aliphatic carbocycles. The van der Waals surface area contributed by atoms with E-state index in [-0.39, 0.29) is 0 Å². The smallest absolute Gasteiger partial charge is 0.0762 e. The second-order valence-corrected chi connectivity index (χ2v) is 5.69. The topological polar surface area (TPSA) is 26.7 Å². The quantitative estimate of drug-likeness (QED) is 0.869. The molecule has 0 saturated carbocycles. The minimum absolute atomic E-state index is 0.384. The molecule has 0 aromatic heterocycles. The number of rotatable bonds is 6. The fourth-order valence-electron chi connectivity index (χ4n) is 2.36. The number of nitrogens with zero attached hydrogens (tertiary/aromatic N) is 2. The molecule has 2 atom stereocenters. The summed E-state index contributed by atoms with van der Waals surface area (Å²) in [5.74, 6) is 0. The average molecular weight is 285 g/mol. The van der Waals surface area contributed by atoms with Crippen molar-refractivity contribution in [3.63, 3.8) is 0 Å². The van der Waals surface area contributed by atoms with E-state index in [2.05, 4.69) is 37.7 Å². The molecule has 108 valence electrons. The number of aliphatic hydroxyl groups excluding tert-OH is 1. The SMILES string of the molecule is CCN(c1ccc([C@H](C)O)cc1Cl)C(C)CN(C)C. The number of likely N-dealkylation sites (N-methyl/N-ethyl adjacent to an activating group) is 2. The molecule has 0 bridgehead atoms. The van der Waals surface area contributed by atoms with Crippen LogP contribution in [0.4, 0.5) is 5.69 Å². The number of aliphatic hydroxyl groups is 1. The summed E-state index contributed by atoms with van der Waals surface area (Å²) < 4.78 is 0. The second-order valence-electron chi connectivity index (χ2n) is 5.28. The molecule has 0 aliphatic heterocycles. The van der Waals surface area contributed by atoms with E-state index in [0.29, 0.717) is 11.1 Å².